The van der Waals surface area contributed by atoms with E-state index in [1.165, 1.54) is 20.9 Å². The van der Waals surface area contributed by atoms with Gasteiger partial charge in [0, 0.05) is 21.3 Å². The van der Waals surface area contributed by atoms with Crippen LogP contribution in [-0.4, -0.2) is 0 Å². The van der Waals surface area contributed by atoms with Crippen molar-refractivity contribution < 1.29 is 0 Å². The summed E-state index contributed by atoms with van der Waals surface area (Å²) in [5.41, 5.74) is 6.22. The second kappa shape index (κ2) is 10.1. The molecule has 0 spiro atoms. The molecule has 2 nitrogen and oxygen atoms in total. The fraction of sp³-hybridized carbons (Fsp3) is 0.417. The van der Waals surface area contributed by atoms with Crippen LogP contribution in [0.5, 0.6) is 0 Å². The number of nitriles is 2. The van der Waals surface area contributed by atoms with Crippen molar-refractivity contribution >= 4 is 23.5 Å². The molecule has 1 heterocycles. The van der Waals surface area contributed by atoms with Gasteiger partial charge in [0.15, 0.2) is 0 Å². The van der Waals surface area contributed by atoms with Crippen LogP contribution in [0.15, 0.2) is 34.1 Å². The lowest BCUT2D eigenvalue weighted by Crippen LogP contribution is -2.08. The maximum absolute atomic E-state index is 9.95. The summed E-state index contributed by atoms with van der Waals surface area (Å²) in [4.78, 5) is 2.52. The van der Waals surface area contributed by atoms with Gasteiger partial charge in [-0.25, -0.2) is 0 Å². The fourth-order valence-corrected chi connectivity index (χ4v) is 6.46. The third kappa shape index (κ3) is 4.24. The van der Waals surface area contributed by atoms with Gasteiger partial charge < -0.3 is 0 Å². The Bertz CT molecular complexity index is 859. The normalized spacial score (nSPS) is 12.9. The van der Waals surface area contributed by atoms with Crippen molar-refractivity contribution in [3.05, 3.63) is 57.6 Å². The van der Waals surface area contributed by atoms with Gasteiger partial charge in [-0.2, -0.15) is 10.5 Å². The molecule has 1 aliphatic rings. The molecule has 0 atom stereocenters. The Hall–Kier alpha value is -1.88. The molecule has 0 amide bonds. The maximum atomic E-state index is 9.95. The molecule has 0 saturated heterocycles. The molecule has 0 unspecified atom stereocenters. The summed E-state index contributed by atoms with van der Waals surface area (Å²) >= 11 is 3.72. The lowest BCUT2D eigenvalue weighted by Gasteiger charge is -2.24. The predicted octanol–water partition coefficient (Wildman–Crippen LogP) is 7.01. The number of thioether (sulfide) groups is 2. The second-order valence-corrected chi connectivity index (χ2v) is 9.11. The summed E-state index contributed by atoms with van der Waals surface area (Å²) < 4.78 is 0. The first-order chi connectivity index (χ1) is 13.7. The summed E-state index contributed by atoms with van der Waals surface area (Å²) in [7, 11) is 0. The molecule has 0 aromatic heterocycles. The van der Waals surface area contributed by atoms with Gasteiger partial charge in [-0.3, -0.25) is 0 Å². The number of unbranched alkanes of at least 4 members (excludes halogenated alkanes) is 2. The number of rotatable bonds is 6. The molecule has 2 aromatic carbocycles. The first kappa shape index (κ1) is 20.8. The third-order valence-corrected chi connectivity index (χ3v) is 7.77. The Labute approximate surface area is 177 Å². The molecular formula is C24H26N2S2. The van der Waals surface area contributed by atoms with E-state index in [1.54, 1.807) is 0 Å². The summed E-state index contributed by atoms with van der Waals surface area (Å²) in [6.45, 7) is 4.35. The van der Waals surface area contributed by atoms with Gasteiger partial charge in [0.05, 0.1) is 11.1 Å². The van der Waals surface area contributed by atoms with Crippen molar-refractivity contribution in [3.8, 4) is 12.1 Å². The fourth-order valence-electron chi connectivity index (χ4n) is 3.68. The summed E-state index contributed by atoms with van der Waals surface area (Å²) in [5.74, 6) is 1.85. The van der Waals surface area contributed by atoms with Crippen molar-refractivity contribution in [2.75, 3.05) is 0 Å². The topological polar surface area (TPSA) is 47.6 Å². The molecule has 4 heteroatoms. The van der Waals surface area contributed by atoms with Crippen LogP contribution in [0.4, 0.5) is 0 Å². The van der Waals surface area contributed by atoms with Crippen LogP contribution in [0.25, 0.3) is 0 Å². The van der Waals surface area contributed by atoms with Gasteiger partial charge in [-0.15, -0.1) is 23.5 Å². The van der Waals surface area contributed by atoms with Crippen LogP contribution >= 0.6 is 23.5 Å². The molecule has 28 heavy (non-hydrogen) atoms. The van der Waals surface area contributed by atoms with E-state index < -0.39 is 0 Å². The largest absolute Gasteiger partial charge is 0.192 e. The van der Waals surface area contributed by atoms with Crippen LogP contribution in [0.2, 0.25) is 0 Å². The van der Waals surface area contributed by atoms with E-state index in [-0.39, 0.29) is 0 Å². The highest BCUT2D eigenvalue weighted by Crippen LogP contribution is 2.46. The number of fused-ring (bicyclic) bond motifs is 2. The van der Waals surface area contributed by atoms with E-state index in [2.05, 4.69) is 50.3 Å². The Kier molecular flexibility index (Phi) is 7.49. The third-order valence-electron chi connectivity index (χ3n) is 5.25. The zero-order valence-corrected chi connectivity index (χ0v) is 18.3. The molecule has 0 fully saturated rings. The highest BCUT2D eigenvalue weighted by Gasteiger charge is 2.25. The molecule has 144 valence electrons. The molecule has 0 N–H and O–H groups in total. The minimum absolute atomic E-state index is 0.628. The molecule has 2 aromatic rings. The van der Waals surface area contributed by atoms with Gasteiger partial charge in [-0.05, 0) is 47.9 Å². The van der Waals surface area contributed by atoms with Crippen LogP contribution < -0.4 is 0 Å². The van der Waals surface area contributed by atoms with E-state index in [1.807, 2.05) is 23.5 Å². The van der Waals surface area contributed by atoms with Crippen molar-refractivity contribution in [1.82, 2.24) is 0 Å². The first-order valence-electron chi connectivity index (χ1n) is 10.1. The summed E-state index contributed by atoms with van der Waals surface area (Å²) in [6, 6.07) is 13.4. The highest BCUT2D eigenvalue weighted by molar-refractivity contribution is 8.01. The zero-order valence-electron chi connectivity index (χ0n) is 16.7. The average molecular weight is 407 g/mol. The summed E-state index contributed by atoms with van der Waals surface area (Å²) in [5, 5.41) is 19.9. The summed E-state index contributed by atoms with van der Waals surface area (Å²) in [6.07, 6.45) is 6.00. The highest BCUT2D eigenvalue weighted by atomic mass is 32.2. The quantitative estimate of drug-likeness (QED) is 0.517. The maximum Gasteiger partial charge on any atom is 0.101 e. The van der Waals surface area contributed by atoms with E-state index in [0.717, 1.165) is 61.2 Å². The second-order valence-electron chi connectivity index (χ2n) is 7.14. The molecule has 0 radical (unpaired) electrons. The minimum atomic E-state index is 0.628. The van der Waals surface area contributed by atoms with Crippen molar-refractivity contribution in [1.29, 1.82) is 10.5 Å². The van der Waals surface area contributed by atoms with Gasteiger partial charge in [0.25, 0.3) is 0 Å². The van der Waals surface area contributed by atoms with E-state index >= 15 is 0 Å². The lowest BCUT2D eigenvalue weighted by molar-refractivity contribution is 0.756. The number of benzene rings is 2. The van der Waals surface area contributed by atoms with Crippen molar-refractivity contribution in [2.24, 2.45) is 0 Å². The van der Waals surface area contributed by atoms with Gasteiger partial charge in [-0.1, -0.05) is 51.0 Å². The van der Waals surface area contributed by atoms with Gasteiger partial charge in [0.1, 0.15) is 12.1 Å². The smallest absolute Gasteiger partial charge is 0.101 e. The van der Waals surface area contributed by atoms with E-state index in [0.29, 0.717) is 11.1 Å². The standard InChI is InChI=1S/C24H26N2S2/c1-3-5-11-19-21(13-25)22(14-26)20(12-6-4-2)24-23(19)27-15-17-9-7-8-10-18(17)16-28-24/h7-10H,3-6,11-12,15-16H2,1-2H3. The number of hydrogen-bond acceptors (Lipinski definition) is 4. The number of hydrogen-bond donors (Lipinski definition) is 0. The van der Waals surface area contributed by atoms with Gasteiger partial charge >= 0.3 is 0 Å². The van der Waals surface area contributed by atoms with Crippen molar-refractivity contribution in [3.63, 3.8) is 0 Å². The van der Waals surface area contributed by atoms with E-state index in [4.69, 9.17) is 0 Å². The first-order valence-corrected chi connectivity index (χ1v) is 12.1. The van der Waals surface area contributed by atoms with Crippen LogP contribution in [-0.2, 0) is 24.3 Å². The molecule has 0 saturated carbocycles. The molecule has 0 bridgehead atoms. The molecule has 0 aliphatic carbocycles. The zero-order chi connectivity index (χ0) is 19.9. The van der Waals surface area contributed by atoms with Gasteiger partial charge in [0.2, 0.25) is 0 Å². The Morgan fingerprint density at radius 3 is 1.57 bits per heavy atom. The van der Waals surface area contributed by atoms with Crippen LogP contribution in [0, 0.1) is 22.7 Å². The van der Waals surface area contributed by atoms with E-state index in [9.17, 15) is 10.5 Å². The number of nitrogens with zero attached hydrogens (tertiary/aromatic N) is 2. The SMILES string of the molecule is CCCCc1c(C#N)c(C#N)c(CCCC)c2c1SCc1ccccc1CS2. The van der Waals surface area contributed by atoms with Crippen molar-refractivity contribution in [2.45, 2.75) is 73.7 Å². The Balaban J connectivity index is 2.19. The van der Waals surface area contributed by atoms with Crippen LogP contribution in [0.1, 0.15) is 72.9 Å². The lowest BCUT2D eigenvalue weighted by atomic mass is 9.92. The minimum Gasteiger partial charge on any atom is -0.192 e. The Morgan fingerprint density at radius 1 is 0.786 bits per heavy atom. The average Bonchev–Trinajstić information content (AvgIpc) is 2.71. The molecule has 3 rings (SSSR count). The molecule has 1 aliphatic heterocycles. The Morgan fingerprint density at radius 2 is 1.21 bits per heavy atom. The van der Waals surface area contributed by atoms with Crippen LogP contribution in [0.3, 0.4) is 0 Å². The predicted molar refractivity (Wildman–Crippen MR) is 119 cm³/mol. The monoisotopic (exact) mass is 406 g/mol. The molecular weight excluding hydrogens is 380 g/mol.